The number of benzene rings is 2. The van der Waals surface area contributed by atoms with Gasteiger partial charge in [0.2, 0.25) is 0 Å². The summed E-state index contributed by atoms with van der Waals surface area (Å²) in [6.45, 7) is 0.292. The Hall–Kier alpha value is -3.40. The van der Waals surface area contributed by atoms with E-state index in [2.05, 4.69) is 0 Å². The Labute approximate surface area is 142 Å². The molecular formula is C21H13NO3. The van der Waals surface area contributed by atoms with Gasteiger partial charge < -0.3 is 4.42 Å². The molecule has 0 atom stereocenters. The third-order valence-corrected chi connectivity index (χ3v) is 4.73. The molecule has 0 N–H and O–H groups in total. The van der Waals surface area contributed by atoms with E-state index < -0.39 is 0 Å². The van der Waals surface area contributed by atoms with E-state index in [0.717, 1.165) is 5.56 Å². The van der Waals surface area contributed by atoms with Gasteiger partial charge in [0.15, 0.2) is 5.78 Å². The molecule has 5 rings (SSSR count). The molecule has 4 nitrogen and oxygen atoms in total. The van der Waals surface area contributed by atoms with Gasteiger partial charge in [-0.3, -0.25) is 14.2 Å². The van der Waals surface area contributed by atoms with Crippen LogP contribution in [0.15, 0.2) is 76.1 Å². The van der Waals surface area contributed by atoms with Crippen molar-refractivity contribution in [2.24, 2.45) is 0 Å². The van der Waals surface area contributed by atoms with Crippen LogP contribution >= 0.6 is 0 Å². The number of aromatic nitrogens is 1. The second-order valence-electron chi connectivity index (χ2n) is 6.11. The van der Waals surface area contributed by atoms with Crippen molar-refractivity contribution >= 4 is 16.6 Å². The largest absolute Gasteiger partial charge is 0.467 e. The first-order chi connectivity index (χ1) is 12.3. The van der Waals surface area contributed by atoms with Crippen LogP contribution in [0.3, 0.4) is 0 Å². The van der Waals surface area contributed by atoms with E-state index in [1.807, 2.05) is 48.5 Å². The molecule has 0 aliphatic heterocycles. The molecule has 120 valence electrons. The van der Waals surface area contributed by atoms with E-state index in [9.17, 15) is 9.59 Å². The molecule has 0 saturated heterocycles. The molecule has 0 fully saturated rings. The molecule has 2 aromatic carbocycles. The second kappa shape index (κ2) is 5.05. The zero-order valence-electron chi connectivity index (χ0n) is 13.2. The lowest BCUT2D eigenvalue weighted by atomic mass is 10.0. The van der Waals surface area contributed by atoms with E-state index in [1.165, 1.54) is 0 Å². The fourth-order valence-electron chi connectivity index (χ4n) is 3.64. The Morgan fingerprint density at radius 2 is 1.52 bits per heavy atom. The van der Waals surface area contributed by atoms with Gasteiger partial charge in [0, 0.05) is 21.9 Å². The first kappa shape index (κ1) is 14.0. The van der Waals surface area contributed by atoms with Gasteiger partial charge in [0.1, 0.15) is 5.76 Å². The van der Waals surface area contributed by atoms with Crippen LogP contribution in [0.25, 0.3) is 22.0 Å². The van der Waals surface area contributed by atoms with Gasteiger partial charge in [-0.05, 0) is 18.2 Å². The number of hydrogen-bond donors (Lipinski definition) is 0. The first-order valence-electron chi connectivity index (χ1n) is 8.08. The van der Waals surface area contributed by atoms with Crippen LogP contribution in [0.4, 0.5) is 0 Å². The number of carbonyl (C=O) groups is 1. The van der Waals surface area contributed by atoms with Crippen molar-refractivity contribution in [2.45, 2.75) is 6.54 Å². The summed E-state index contributed by atoms with van der Waals surface area (Å²) in [5.41, 5.74) is 2.61. The SMILES string of the molecule is O=C1c2ccccc2-c2c1c1ccccc1c(=O)n2Cc1ccco1. The normalized spacial score (nSPS) is 12.4. The molecule has 1 aliphatic rings. The number of ketones is 1. The summed E-state index contributed by atoms with van der Waals surface area (Å²) in [5.74, 6) is 0.645. The third kappa shape index (κ3) is 1.88. The average Bonchev–Trinajstić information content (AvgIpc) is 3.26. The lowest BCUT2D eigenvalue weighted by Crippen LogP contribution is -2.23. The van der Waals surface area contributed by atoms with E-state index in [1.54, 1.807) is 23.0 Å². The van der Waals surface area contributed by atoms with Crippen molar-refractivity contribution in [1.82, 2.24) is 4.57 Å². The molecule has 0 unspecified atom stereocenters. The molecule has 2 aromatic heterocycles. The fraction of sp³-hybridized carbons (Fsp3) is 0.0476. The summed E-state index contributed by atoms with van der Waals surface area (Å²) in [6.07, 6.45) is 1.58. The zero-order valence-corrected chi connectivity index (χ0v) is 13.2. The lowest BCUT2D eigenvalue weighted by molar-refractivity contribution is 0.104. The van der Waals surface area contributed by atoms with Gasteiger partial charge >= 0.3 is 0 Å². The topological polar surface area (TPSA) is 52.2 Å². The Morgan fingerprint density at radius 1 is 0.800 bits per heavy atom. The molecule has 0 spiro atoms. The number of fused-ring (bicyclic) bond motifs is 5. The van der Waals surface area contributed by atoms with Crippen LogP contribution in [-0.2, 0) is 6.54 Å². The van der Waals surface area contributed by atoms with Gasteiger partial charge in [0.25, 0.3) is 5.56 Å². The summed E-state index contributed by atoms with van der Waals surface area (Å²) in [7, 11) is 0. The minimum atomic E-state index is -0.116. The summed E-state index contributed by atoms with van der Waals surface area (Å²) in [4.78, 5) is 26.2. The zero-order chi connectivity index (χ0) is 17.0. The fourth-order valence-corrected chi connectivity index (χ4v) is 3.64. The second-order valence-corrected chi connectivity index (χ2v) is 6.11. The Morgan fingerprint density at radius 3 is 2.28 bits per heavy atom. The molecule has 0 saturated carbocycles. The maximum Gasteiger partial charge on any atom is 0.259 e. The van der Waals surface area contributed by atoms with Gasteiger partial charge in [-0.1, -0.05) is 42.5 Å². The van der Waals surface area contributed by atoms with E-state index in [-0.39, 0.29) is 11.3 Å². The highest BCUT2D eigenvalue weighted by Crippen LogP contribution is 2.39. The number of hydrogen-bond acceptors (Lipinski definition) is 3. The highest BCUT2D eigenvalue weighted by molar-refractivity contribution is 6.26. The van der Waals surface area contributed by atoms with Crippen LogP contribution < -0.4 is 5.56 Å². The van der Waals surface area contributed by atoms with Crippen molar-refractivity contribution in [3.05, 3.63) is 94.2 Å². The Kier molecular flexibility index (Phi) is 2.82. The monoisotopic (exact) mass is 327 g/mol. The number of furan rings is 1. The molecule has 0 radical (unpaired) electrons. The summed E-state index contributed by atoms with van der Waals surface area (Å²) >= 11 is 0. The van der Waals surface area contributed by atoms with Crippen molar-refractivity contribution in [3.8, 4) is 11.3 Å². The van der Waals surface area contributed by atoms with E-state index in [0.29, 0.717) is 39.9 Å². The quantitative estimate of drug-likeness (QED) is 0.495. The van der Waals surface area contributed by atoms with Gasteiger partial charge in [-0.15, -0.1) is 0 Å². The molecule has 0 bridgehead atoms. The highest BCUT2D eigenvalue weighted by atomic mass is 16.3. The van der Waals surface area contributed by atoms with Crippen LogP contribution in [0.5, 0.6) is 0 Å². The minimum absolute atomic E-state index is 0.0324. The van der Waals surface area contributed by atoms with Crippen molar-refractivity contribution in [2.75, 3.05) is 0 Å². The Bertz CT molecular complexity index is 1200. The molecule has 4 aromatic rings. The smallest absolute Gasteiger partial charge is 0.259 e. The minimum Gasteiger partial charge on any atom is -0.467 e. The van der Waals surface area contributed by atoms with E-state index in [4.69, 9.17) is 4.42 Å². The molecule has 1 aliphatic carbocycles. The van der Waals surface area contributed by atoms with E-state index >= 15 is 0 Å². The number of carbonyl (C=O) groups excluding carboxylic acids is 1. The third-order valence-electron chi connectivity index (χ3n) is 4.73. The maximum atomic E-state index is 13.1. The van der Waals surface area contributed by atoms with Gasteiger partial charge in [-0.2, -0.15) is 0 Å². The van der Waals surface area contributed by atoms with Crippen LogP contribution in [0.1, 0.15) is 21.7 Å². The Balaban J connectivity index is 1.94. The molecule has 2 heterocycles. The van der Waals surface area contributed by atoms with Gasteiger partial charge in [-0.25, -0.2) is 0 Å². The number of rotatable bonds is 2. The number of pyridine rings is 1. The van der Waals surface area contributed by atoms with Crippen molar-refractivity contribution in [3.63, 3.8) is 0 Å². The molecule has 0 amide bonds. The molecule has 25 heavy (non-hydrogen) atoms. The standard InChI is InChI=1S/C21H13NO3/c23-20-16-9-3-2-8-15(16)19-18(20)14-7-1-4-10-17(14)21(24)22(19)12-13-6-5-11-25-13/h1-11H,12H2. The number of nitrogens with zero attached hydrogens (tertiary/aromatic N) is 1. The van der Waals surface area contributed by atoms with Crippen LogP contribution in [0, 0.1) is 0 Å². The molecule has 4 heteroatoms. The lowest BCUT2D eigenvalue weighted by Gasteiger charge is -2.14. The highest BCUT2D eigenvalue weighted by Gasteiger charge is 2.32. The summed E-state index contributed by atoms with van der Waals surface area (Å²) in [5, 5.41) is 1.26. The van der Waals surface area contributed by atoms with Crippen molar-refractivity contribution < 1.29 is 9.21 Å². The van der Waals surface area contributed by atoms with Crippen molar-refractivity contribution in [1.29, 1.82) is 0 Å². The summed E-state index contributed by atoms with van der Waals surface area (Å²) in [6, 6.07) is 18.4. The predicted molar refractivity (Wildman–Crippen MR) is 94.9 cm³/mol. The first-order valence-corrected chi connectivity index (χ1v) is 8.08. The molecular weight excluding hydrogens is 314 g/mol. The van der Waals surface area contributed by atoms with Gasteiger partial charge in [0.05, 0.1) is 24.1 Å². The van der Waals surface area contributed by atoms with Crippen LogP contribution in [-0.4, -0.2) is 10.4 Å². The summed E-state index contributed by atoms with van der Waals surface area (Å²) < 4.78 is 7.09. The predicted octanol–water partition coefficient (Wildman–Crippen LogP) is 3.85. The maximum absolute atomic E-state index is 13.1. The van der Waals surface area contributed by atoms with Crippen LogP contribution in [0.2, 0.25) is 0 Å². The average molecular weight is 327 g/mol.